The van der Waals surface area contributed by atoms with Crippen LogP contribution in [0, 0.1) is 0 Å². The van der Waals surface area contributed by atoms with Crippen LogP contribution in [0.1, 0.15) is 40.4 Å². The van der Waals surface area contributed by atoms with Gasteiger partial charge in [-0.1, -0.05) is 30.3 Å². The van der Waals surface area contributed by atoms with Gasteiger partial charge in [0.15, 0.2) is 11.8 Å². The molecule has 1 heterocycles. The molecule has 1 atom stereocenters. The van der Waals surface area contributed by atoms with Crippen LogP contribution in [0.4, 0.5) is 0 Å². The maximum absolute atomic E-state index is 12.8. The maximum Gasteiger partial charge on any atom is 0.333 e. The maximum atomic E-state index is 12.8. The van der Waals surface area contributed by atoms with Crippen LogP contribution in [0.15, 0.2) is 65.1 Å². The molecule has 0 radical (unpaired) electrons. The summed E-state index contributed by atoms with van der Waals surface area (Å²) in [4.78, 5) is 25.2. The molecule has 0 saturated heterocycles. The Kier molecular flexibility index (Phi) is 7.32. The average molecular weight is 423 g/mol. The number of carbonyl (C=O) groups is 2. The van der Waals surface area contributed by atoms with Gasteiger partial charge in [0, 0.05) is 12.0 Å². The first-order chi connectivity index (χ1) is 15.0. The lowest BCUT2D eigenvalue weighted by molar-refractivity contribution is -0.145. The minimum atomic E-state index is -0.930. The van der Waals surface area contributed by atoms with Gasteiger partial charge in [-0.15, -0.1) is 0 Å². The Morgan fingerprint density at radius 1 is 1.00 bits per heavy atom. The summed E-state index contributed by atoms with van der Waals surface area (Å²) < 4.78 is 21.5. The van der Waals surface area contributed by atoms with Gasteiger partial charge < -0.3 is 23.9 Å². The predicted molar refractivity (Wildman–Crippen MR) is 114 cm³/mol. The largest absolute Gasteiger partial charge is 0.497 e. The first-order valence-electron chi connectivity index (χ1n) is 9.87. The van der Waals surface area contributed by atoms with Gasteiger partial charge in [0.05, 0.1) is 20.8 Å². The molecule has 31 heavy (non-hydrogen) atoms. The minimum Gasteiger partial charge on any atom is -0.497 e. The SMILES string of the molecule is CCOC(=O)C(NC(=O)c1ccc(Cc2cc(OC)ccc2OC)o1)c1ccccc1. The summed E-state index contributed by atoms with van der Waals surface area (Å²) in [6, 6.07) is 16.8. The highest BCUT2D eigenvalue weighted by atomic mass is 16.5. The fourth-order valence-corrected chi connectivity index (χ4v) is 3.15. The monoisotopic (exact) mass is 423 g/mol. The van der Waals surface area contributed by atoms with Crippen LogP contribution >= 0.6 is 0 Å². The van der Waals surface area contributed by atoms with Gasteiger partial charge in [0.2, 0.25) is 0 Å². The van der Waals surface area contributed by atoms with E-state index in [-0.39, 0.29) is 12.4 Å². The molecule has 162 valence electrons. The van der Waals surface area contributed by atoms with Gasteiger partial charge >= 0.3 is 5.97 Å². The fourth-order valence-electron chi connectivity index (χ4n) is 3.15. The summed E-state index contributed by atoms with van der Waals surface area (Å²) in [5.74, 6) is 1.02. The van der Waals surface area contributed by atoms with Crippen LogP contribution in [0.3, 0.4) is 0 Å². The molecule has 1 aromatic heterocycles. The molecule has 0 aliphatic rings. The Morgan fingerprint density at radius 3 is 2.45 bits per heavy atom. The summed E-state index contributed by atoms with van der Waals surface area (Å²) in [5, 5.41) is 2.70. The number of amides is 1. The van der Waals surface area contributed by atoms with Gasteiger partial charge in [-0.3, -0.25) is 4.79 Å². The van der Waals surface area contributed by atoms with E-state index in [2.05, 4.69) is 5.32 Å². The van der Waals surface area contributed by atoms with E-state index in [4.69, 9.17) is 18.6 Å². The van der Waals surface area contributed by atoms with Crippen molar-refractivity contribution in [1.29, 1.82) is 0 Å². The van der Waals surface area contributed by atoms with Crippen LogP contribution in [0.5, 0.6) is 11.5 Å². The van der Waals surface area contributed by atoms with E-state index in [1.54, 1.807) is 57.5 Å². The fraction of sp³-hybridized carbons (Fsp3) is 0.250. The zero-order valence-corrected chi connectivity index (χ0v) is 17.7. The average Bonchev–Trinajstić information content (AvgIpc) is 3.26. The number of benzene rings is 2. The van der Waals surface area contributed by atoms with Crippen molar-refractivity contribution in [2.24, 2.45) is 0 Å². The second kappa shape index (κ2) is 10.3. The second-order valence-electron chi connectivity index (χ2n) is 6.69. The Morgan fingerprint density at radius 2 is 1.77 bits per heavy atom. The van der Waals surface area contributed by atoms with E-state index in [1.165, 1.54) is 0 Å². The highest BCUT2D eigenvalue weighted by Crippen LogP contribution is 2.27. The van der Waals surface area contributed by atoms with Gasteiger partial charge in [-0.05, 0) is 42.8 Å². The van der Waals surface area contributed by atoms with Gasteiger partial charge in [0.1, 0.15) is 17.3 Å². The van der Waals surface area contributed by atoms with Crippen molar-refractivity contribution in [2.45, 2.75) is 19.4 Å². The Labute approximate surface area is 180 Å². The normalized spacial score (nSPS) is 11.5. The summed E-state index contributed by atoms with van der Waals surface area (Å²) >= 11 is 0. The number of carbonyl (C=O) groups excluding carboxylic acids is 2. The van der Waals surface area contributed by atoms with E-state index < -0.39 is 17.9 Å². The Balaban J connectivity index is 1.77. The van der Waals surface area contributed by atoms with Crippen molar-refractivity contribution in [3.05, 3.63) is 83.3 Å². The van der Waals surface area contributed by atoms with Crippen molar-refractivity contribution in [1.82, 2.24) is 5.32 Å². The minimum absolute atomic E-state index is 0.0992. The summed E-state index contributed by atoms with van der Waals surface area (Å²) in [6.45, 7) is 1.93. The van der Waals surface area contributed by atoms with Crippen LogP contribution in [0.25, 0.3) is 0 Å². The molecule has 1 N–H and O–H groups in total. The molecule has 0 fully saturated rings. The number of rotatable bonds is 9. The lowest BCUT2D eigenvalue weighted by Crippen LogP contribution is -2.34. The van der Waals surface area contributed by atoms with Crippen molar-refractivity contribution in [3.63, 3.8) is 0 Å². The van der Waals surface area contributed by atoms with E-state index in [9.17, 15) is 9.59 Å². The molecule has 0 aliphatic heterocycles. The van der Waals surface area contributed by atoms with E-state index >= 15 is 0 Å². The van der Waals surface area contributed by atoms with Crippen molar-refractivity contribution in [3.8, 4) is 11.5 Å². The van der Waals surface area contributed by atoms with Crippen LogP contribution in [-0.4, -0.2) is 32.7 Å². The van der Waals surface area contributed by atoms with Crippen molar-refractivity contribution < 1.29 is 28.2 Å². The van der Waals surface area contributed by atoms with Gasteiger partial charge in [-0.25, -0.2) is 4.79 Å². The molecule has 3 aromatic rings. The lowest BCUT2D eigenvalue weighted by Gasteiger charge is -2.17. The second-order valence-corrected chi connectivity index (χ2v) is 6.69. The smallest absolute Gasteiger partial charge is 0.333 e. The van der Waals surface area contributed by atoms with Crippen LogP contribution in [-0.2, 0) is 16.0 Å². The van der Waals surface area contributed by atoms with Crippen molar-refractivity contribution >= 4 is 11.9 Å². The standard InChI is InChI=1S/C24H25NO6/c1-4-30-24(27)22(16-8-6-5-7-9-16)25-23(26)21-13-11-19(31-21)15-17-14-18(28-2)10-12-20(17)29-3/h5-14,22H,4,15H2,1-3H3,(H,25,26). The highest BCUT2D eigenvalue weighted by molar-refractivity contribution is 5.95. The molecule has 0 aliphatic carbocycles. The molecular formula is C24H25NO6. The van der Waals surface area contributed by atoms with Gasteiger partial charge in [-0.2, -0.15) is 0 Å². The van der Waals surface area contributed by atoms with E-state index in [0.29, 0.717) is 29.2 Å². The molecule has 0 saturated carbocycles. The third kappa shape index (κ3) is 5.45. The third-order valence-electron chi connectivity index (χ3n) is 4.67. The molecule has 0 bridgehead atoms. The molecular weight excluding hydrogens is 398 g/mol. The zero-order chi connectivity index (χ0) is 22.2. The number of nitrogens with one attached hydrogen (secondary N) is 1. The first-order valence-corrected chi connectivity index (χ1v) is 9.87. The topological polar surface area (TPSA) is 87.0 Å². The highest BCUT2D eigenvalue weighted by Gasteiger charge is 2.25. The number of furan rings is 1. The summed E-state index contributed by atoms with van der Waals surface area (Å²) in [5.41, 5.74) is 1.49. The summed E-state index contributed by atoms with van der Waals surface area (Å²) in [7, 11) is 3.18. The van der Waals surface area contributed by atoms with Gasteiger partial charge in [0.25, 0.3) is 5.91 Å². The van der Waals surface area contributed by atoms with Crippen LogP contribution in [0.2, 0.25) is 0 Å². The third-order valence-corrected chi connectivity index (χ3v) is 4.67. The van der Waals surface area contributed by atoms with Crippen LogP contribution < -0.4 is 14.8 Å². The number of esters is 1. The molecule has 2 aromatic carbocycles. The molecule has 3 rings (SSSR count). The van der Waals surface area contributed by atoms with E-state index in [1.807, 2.05) is 24.3 Å². The number of hydrogen-bond acceptors (Lipinski definition) is 6. The van der Waals surface area contributed by atoms with E-state index in [0.717, 1.165) is 5.56 Å². The first kappa shape index (κ1) is 22.0. The number of hydrogen-bond donors (Lipinski definition) is 1. The quantitative estimate of drug-likeness (QED) is 0.525. The number of ether oxygens (including phenoxy) is 3. The predicted octanol–water partition coefficient (Wildman–Crippen LogP) is 3.92. The molecule has 7 heteroatoms. The molecule has 1 amide bonds. The Bertz CT molecular complexity index is 1030. The summed E-state index contributed by atoms with van der Waals surface area (Å²) in [6.07, 6.45) is 0.410. The zero-order valence-electron chi connectivity index (χ0n) is 17.7. The molecule has 7 nitrogen and oxygen atoms in total. The molecule has 1 unspecified atom stereocenters. The number of methoxy groups -OCH3 is 2. The lowest BCUT2D eigenvalue weighted by atomic mass is 10.1. The van der Waals surface area contributed by atoms with Crippen molar-refractivity contribution in [2.75, 3.05) is 20.8 Å². The Hall–Kier alpha value is -3.74. The molecule has 0 spiro atoms.